The second-order valence-corrected chi connectivity index (χ2v) is 5.42. The number of ether oxygens (including phenoxy) is 1. The van der Waals surface area contributed by atoms with Gasteiger partial charge in [-0.25, -0.2) is 9.97 Å². The van der Waals surface area contributed by atoms with Crippen LogP contribution < -0.4 is 10.1 Å². The number of para-hydroxylation sites is 1. The maximum atomic E-state index is 12.5. The molecule has 1 aromatic heterocycles. The molecule has 1 aromatic carbocycles. The van der Waals surface area contributed by atoms with Crippen LogP contribution >= 0.6 is 11.8 Å². The zero-order valence-corrected chi connectivity index (χ0v) is 12.1. The monoisotopic (exact) mass is 309 g/mol. The Bertz CT molecular complexity index is 667. The summed E-state index contributed by atoms with van der Waals surface area (Å²) in [6, 6.07) is 6.56. The molecule has 1 aliphatic rings. The molecule has 0 spiro atoms. The lowest BCUT2D eigenvalue weighted by atomic mass is 10.1. The molecule has 0 amide bonds. The van der Waals surface area contributed by atoms with Gasteiger partial charge in [0.2, 0.25) is 0 Å². The predicted molar refractivity (Wildman–Crippen MR) is 78.6 cm³/mol. The minimum Gasteiger partial charge on any atom is -0.434 e. The molecule has 0 radical (unpaired) electrons. The second kappa shape index (κ2) is 5.85. The zero-order valence-electron chi connectivity index (χ0n) is 11.3. The molecule has 3 rings (SSSR count). The fraction of sp³-hybridized carbons (Fsp3) is 0.286. The molecule has 0 aliphatic carbocycles. The van der Waals surface area contributed by atoms with Crippen LogP contribution in [0.15, 0.2) is 24.3 Å². The van der Waals surface area contributed by atoms with Gasteiger partial charge in [0, 0.05) is 24.1 Å². The molecule has 2 aromatic rings. The van der Waals surface area contributed by atoms with E-state index in [0.29, 0.717) is 11.4 Å². The largest absolute Gasteiger partial charge is 0.434 e. The number of aromatic nitrogens is 2. The van der Waals surface area contributed by atoms with Crippen LogP contribution in [0.2, 0.25) is 0 Å². The normalized spacial score (nSPS) is 13.3. The number of anilines is 1. The molecule has 0 unspecified atom stereocenters. The highest BCUT2D eigenvalue weighted by Crippen LogP contribution is 2.36. The van der Waals surface area contributed by atoms with Crippen LogP contribution in [0.4, 0.5) is 14.6 Å². The van der Waals surface area contributed by atoms with Gasteiger partial charge in [0.15, 0.2) is 5.82 Å². The molecule has 110 valence electrons. The quantitative estimate of drug-likeness (QED) is 0.936. The van der Waals surface area contributed by atoms with Crippen molar-refractivity contribution < 1.29 is 13.5 Å². The van der Waals surface area contributed by atoms with Crippen LogP contribution in [0, 0.1) is 0 Å². The van der Waals surface area contributed by atoms with Gasteiger partial charge in [-0.05, 0) is 12.1 Å². The van der Waals surface area contributed by atoms with Gasteiger partial charge in [0.25, 0.3) is 0 Å². The van der Waals surface area contributed by atoms with Crippen LogP contribution in [-0.4, -0.2) is 23.6 Å². The van der Waals surface area contributed by atoms with E-state index in [4.69, 9.17) is 0 Å². The maximum Gasteiger partial charge on any atom is 0.387 e. The van der Waals surface area contributed by atoms with Crippen LogP contribution in [-0.2, 0) is 11.5 Å². The van der Waals surface area contributed by atoms with Crippen molar-refractivity contribution in [2.75, 3.05) is 12.4 Å². The summed E-state index contributed by atoms with van der Waals surface area (Å²) in [4.78, 5) is 8.94. The van der Waals surface area contributed by atoms with E-state index in [0.717, 1.165) is 28.6 Å². The lowest BCUT2D eigenvalue weighted by Gasteiger charge is -2.12. The van der Waals surface area contributed by atoms with Crippen molar-refractivity contribution >= 4 is 17.6 Å². The Hall–Kier alpha value is -1.89. The summed E-state index contributed by atoms with van der Waals surface area (Å²) < 4.78 is 29.6. The van der Waals surface area contributed by atoms with Gasteiger partial charge in [-0.1, -0.05) is 12.1 Å². The molecule has 2 heterocycles. The van der Waals surface area contributed by atoms with Crippen molar-refractivity contribution in [1.82, 2.24) is 9.97 Å². The minimum atomic E-state index is -2.88. The number of thioether (sulfide) groups is 1. The molecule has 1 aliphatic heterocycles. The summed E-state index contributed by atoms with van der Waals surface area (Å²) in [6.07, 6.45) is 0. The van der Waals surface area contributed by atoms with Crippen molar-refractivity contribution in [3.63, 3.8) is 0 Å². The number of hydrogen-bond acceptors (Lipinski definition) is 5. The van der Waals surface area contributed by atoms with Crippen molar-refractivity contribution in [2.24, 2.45) is 0 Å². The second-order valence-electron chi connectivity index (χ2n) is 4.44. The third kappa shape index (κ3) is 2.78. The van der Waals surface area contributed by atoms with Crippen molar-refractivity contribution in [1.29, 1.82) is 0 Å². The summed E-state index contributed by atoms with van der Waals surface area (Å²) in [7, 11) is 1.79. The van der Waals surface area contributed by atoms with Crippen LogP contribution in [0.25, 0.3) is 11.4 Å². The van der Waals surface area contributed by atoms with Gasteiger partial charge >= 0.3 is 6.61 Å². The molecular weight excluding hydrogens is 296 g/mol. The number of alkyl halides is 2. The van der Waals surface area contributed by atoms with Crippen LogP contribution in [0.5, 0.6) is 5.75 Å². The number of hydrogen-bond donors (Lipinski definition) is 1. The van der Waals surface area contributed by atoms with E-state index in [9.17, 15) is 8.78 Å². The highest BCUT2D eigenvalue weighted by Gasteiger charge is 2.21. The Morgan fingerprint density at radius 1 is 1.24 bits per heavy atom. The molecule has 0 fully saturated rings. The van der Waals surface area contributed by atoms with E-state index < -0.39 is 6.61 Å². The zero-order chi connectivity index (χ0) is 14.8. The van der Waals surface area contributed by atoms with Crippen molar-refractivity contribution in [3.8, 4) is 17.1 Å². The first-order valence-electron chi connectivity index (χ1n) is 6.38. The molecule has 21 heavy (non-hydrogen) atoms. The lowest BCUT2D eigenvalue weighted by molar-refractivity contribution is -0.0494. The average molecular weight is 309 g/mol. The number of benzene rings is 1. The van der Waals surface area contributed by atoms with Crippen LogP contribution in [0.1, 0.15) is 11.3 Å². The summed E-state index contributed by atoms with van der Waals surface area (Å²) in [6.45, 7) is -2.88. The smallest absolute Gasteiger partial charge is 0.387 e. The first-order valence-corrected chi connectivity index (χ1v) is 7.54. The number of fused-ring (bicyclic) bond motifs is 1. The molecule has 0 saturated carbocycles. The Labute approximate surface area is 124 Å². The van der Waals surface area contributed by atoms with E-state index in [1.807, 2.05) is 0 Å². The van der Waals surface area contributed by atoms with E-state index >= 15 is 0 Å². The van der Waals surface area contributed by atoms with Gasteiger partial charge in [-0.2, -0.15) is 20.5 Å². The topological polar surface area (TPSA) is 47.0 Å². The van der Waals surface area contributed by atoms with Gasteiger partial charge in [-0.3, -0.25) is 0 Å². The van der Waals surface area contributed by atoms with E-state index in [1.54, 1.807) is 37.0 Å². The fourth-order valence-corrected chi connectivity index (χ4v) is 3.27. The molecule has 1 N–H and O–H groups in total. The van der Waals surface area contributed by atoms with E-state index in [1.165, 1.54) is 6.07 Å². The predicted octanol–water partition coefficient (Wildman–Crippen LogP) is 3.53. The Kier molecular flexibility index (Phi) is 3.92. The molecule has 0 saturated heterocycles. The Balaban J connectivity index is 2.09. The number of halogens is 2. The van der Waals surface area contributed by atoms with E-state index in [-0.39, 0.29) is 5.75 Å². The molecule has 4 nitrogen and oxygen atoms in total. The van der Waals surface area contributed by atoms with Crippen LogP contribution in [0.3, 0.4) is 0 Å². The Morgan fingerprint density at radius 2 is 2.05 bits per heavy atom. The number of nitrogens with one attached hydrogen (secondary N) is 1. The highest BCUT2D eigenvalue weighted by atomic mass is 32.2. The number of rotatable bonds is 4. The fourth-order valence-electron chi connectivity index (χ4n) is 2.23. The molecule has 0 bridgehead atoms. The van der Waals surface area contributed by atoms with E-state index in [2.05, 4.69) is 20.0 Å². The third-order valence-corrected chi connectivity index (χ3v) is 4.13. The third-order valence-electron chi connectivity index (χ3n) is 3.16. The summed E-state index contributed by atoms with van der Waals surface area (Å²) in [5.41, 5.74) is 2.49. The summed E-state index contributed by atoms with van der Waals surface area (Å²) in [5.74, 6) is 2.89. The van der Waals surface area contributed by atoms with Gasteiger partial charge in [0.05, 0.1) is 11.3 Å². The standard InChI is InChI=1S/C14H13F2N3OS/c1-17-12-9-6-21-7-10(9)18-13(19-12)8-4-2-3-5-11(8)20-14(15)16/h2-5,14H,6-7H2,1H3,(H,17,18,19). The van der Waals surface area contributed by atoms with Crippen molar-refractivity contribution in [2.45, 2.75) is 18.1 Å². The molecular formula is C14H13F2N3OS. The molecule has 0 atom stereocenters. The first-order chi connectivity index (χ1) is 10.2. The molecule has 7 heteroatoms. The average Bonchev–Trinajstić information content (AvgIpc) is 2.94. The lowest BCUT2D eigenvalue weighted by Crippen LogP contribution is -2.06. The summed E-state index contributed by atoms with van der Waals surface area (Å²) in [5, 5.41) is 3.04. The summed E-state index contributed by atoms with van der Waals surface area (Å²) >= 11 is 1.76. The number of nitrogens with zero attached hydrogens (tertiary/aromatic N) is 2. The SMILES string of the molecule is CNc1nc(-c2ccccc2OC(F)F)nc2c1CSC2. The maximum absolute atomic E-state index is 12.5. The first kappa shape index (κ1) is 14.1. The highest BCUT2D eigenvalue weighted by molar-refractivity contribution is 7.98. The van der Waals surface area contributed by atoms with Gasteiger partial charge in [0.1, 0.15) is 11.6 Å². The minimum absolute atomic E-state index is 0.0835. The van der Waals surface area contributed by atoms with Crippen molar-refractivity contribution in [3.05, 3.63) is 35.5 Å². The Morgan fingerprint density at radius 3 is 2.81 bits per heavy atom. The van der Waals surface area contributed by atoms with Gasteiger partial charge < -0.3 is 10.1 Å². The van der Waals surface area contributed by atoms with Gasteiger partial charge in [-0.15, -0.1) is 0 Å².